The van der Waals surface area contributed by atoms with Crippen LogP contribution in [0.3, 0.4) is 0 Å². The lowest BCUT2D eigenvalue weighted by molar-refractivity contribution is 0.0513. The molecule has 2 heterocycles. The number of ether oxygens (including phenoxy) is 1. The van der Waals surface area contributed by atoms with Gasteiger partial charge in [-0.3, -0.25) is 0 Å². The Labute approximate surface area is 101 Å². The summed E-state index contributed by atoms with van der Waals surface area (Å²) in [6.45, 7) is 0. The molecule has 6 rings (SSSR count). The molecule has 1 aromatic carbocycles. The van der Waals surface area contributed by atoms with Gasteiger partial charge in [0, 0.05) is 11.8 Å². The predicted molar refractivity (Wildman–Crippen MR) is 65.3 cm³/mol. The highest BCUT2D eigenvalue weighted by atomic mass is 16.5. The fraction of sp³-hybridized carbons (Fsp3) is 0.500. The van der Waals surface area contributed by atoms with Crippen molar-refractivity contribution in [2.45, 2.75) is 25.0 Å². The number of fused-ring (bicyclic) bond motifs is 6. The normalized spacial score (nSPS) is 48.2. The first-order chi connectivity index (χ1) is 8.43. The van der Waals surface area contributed by atoms with E-state index in [1.54, 1.807) is 0 Å². The van der Waals surface area contributed by atoms with Crippen molar-refractivity contribution in [2.75, 3.05) is 0 Å². The maximum Gasteiger partial charge on any atom is 0.0874 e. The monoisotopic (exact) mass is 224 g/mol. The molecule has 17 heavy (non-hydrogen) atoms. The molecule has 2 fully saturated rings. The van der Waals surface area contributed by atoms with Crippen molar-refractivity contribution in [3.63, 3.8) is 0 Å². The molecule has 5 aliphatic rings. The standard InChI is InChI=1S/C16H16O/c1-2-4-12-11(3-1)15-13-9-5-7-10(8-6-9)14(13)16(12)17-15/h1-5,7,9-10,13-16H,6,8H2/t9-,10+,13-,14+,15+,16-. The van der Waals surface area contributed by atoms with E-state index in [0.29, 0.717) is 12.2 Å². The molecule has 1 heteroatoms. The molecule has 0 spiro atoms. The van der Waals surface area contributed by atoms with Crippen molar-refractivity contribution < 1.29 is 4.74 Å². The molecule has 0 amide bonds. The van der Waals surface area contributed by atoms with Gasteiger partial charge in [-0.05, 0) is 35.8 Å². The van der Waals surface area contributed by atoms with Gasteiger partial charge in [-0.2, -0.15) is 0 Å². The molecule has 1 aromatic rings. The maximum absolute atomic E-state index is 6.33. The fourth-order valence-electron chi connectivity index (χ4n) is 4.86. The van der Waals surface area contributed by atoms with E-state index in [1.165, 1.54) is 24.0 Å². The van der Waals surface area contributed by atoms with Crippen LogP contribution in [0.5, 0.6) is 0 Å². The fourth-order valence-corrected chi connectivity index (χ4v) is 4.86. The lowest BCUT2D eigenvalue weighted by Crippen LogP contribution is -2.39. The van der Waals surface area contributed by atoms with Crippen molar-refractivity contribution in [3.05, 3.63) is 47.5 Å². The van der Waals surface area contributed by atoms with Crippen LogP contribution < -0.4 is 0 Å². The zero-order chi connectivity index (χ0) is 11.0. The summed E-state index contributed by atoms with van der Waals surface area (Å²) in [7, 11) is 0. The van der Waals surface area contributed by atoms with Crippen molar-refractivity contribution >= 4 is 0 Å². The van der Waals surface area contributed by atoms with Gasteiger partial charge in [-0.1, -0.05) is 36.4 Å². The Morgan fingerprint density at radius 2 is 1.35 bits per heavy atom. The third kappa shape index (κ3) is 0.924. The first kappa shape index (κ1) is 8.93. The van der Waals surface area contributed by atoms with Crippen LogP contribution in [-0.4, -0.2) is 0 Å². The van der Waals surface area contributed by atoms with Crippen LogP contribution in [0.4, 0.5) is 0 Å². The minimum atomic E-state index is 0.402. The summed E-state index contributed by atoms with van der Waals surface area (Å²) in [6.07, 6.45) is 8.52. The third-order valence-corrected chi connectivity index (χ3v) is 5.47. The highest BCUT2D eigenvalue weighted by molar-refractivity contribution is 5.40. The van der Waals surface area contributed by atoms with Gasteiger partial charge >= 0.3 is 0 Å². The van der Waals surface area contributed by atoms with Gasteiger partial charge in [0.1, 0.15) is 0 Å². The first-order valence-corrected chi connectivity index (χ1v) is 6.86. The minimum Gasteiger partial charge on any atom is -0.365 e. The zero-order valence-corrected chi connectivity index (χ0v) is 9.75. The predicted octanol–water partition coefficient (Wildman–Crippen LogP) is 3.64. The van der Waals surface area contributed by atoms with Crippen molar-refractivity contribution in [1.82, 2.24) is 0 Å². The summed E-state index contributed by atoms with van der Waals surface area (Å²) in [4.78, 5) is 0. The van der Waals surface area contributed by atoms with Crippen LogP contribution in [0.15, 0.2) is 36.4 Å². The molecule has 86 valence electrons. The van der Waals surface area contributed by atoms with E-state index in [4.69, 9.17) is 4.74 Å². The molecular formula is C16H16O. The van der Waals surface area contributed by atoms with E-state index in [2.05, 4.69) is 36.4 Å². The summed E-state index contributed by atoms with van der Waals surface area (Å²) >= 11 is 0. The molecule has 0 unspecified atom stereocenters. The summed E-state index contributed by atoms with van der Waals surface area (Å²) in [6, 6.07) is 8.88. The van der Waals surface area contributed by atoms with Gasteiger partial charge in [-0.25, -0.2) is 0 Å². The van der Waals surface area contributed by atoms with Crippen LogP contribution in [0.1, 0.15) is 36.2 Å². The number of rotatable bonds is 0. The number of allylic oxidation sites excluding steroid dienone is 2. The summed E-state index contributed by atoms with van der Waals surface area (Å²) in [5, 5.41) is 0. The molecule has 6 atom stereocenters. The second kappa shape index (κ2) is 2.84. The van der Waals surface area contributed by atoms with Gasteiger partial charge in [0.05, 0.1) is 12.2 Å². The SMILES string of the molecule is C1=C[C@H]2CC[C@@H]1[C@@H]1[C@H]2[C@@H]2O[C@H]1c1ccccc12. The molecule has 1 saturated heterocycles. The Kier molecular flexibility index (Phi) is 1.49. The summed E-state index contributed by atoms with van der Waals surface area (Å²) < 4.78 is 6.33. The Morgan fingerprint density at radius 1 is 0.824 bits per heavy atom. The van der Waals surface area contributed by atoms with Crippen molar-refractivity contribution in [2.24, 2.45) is 23.7 Å². The highest BCUT2D eigenvalue weighted by Gasteiger charge is 2.58. The van der Waals surface area contributed by atoms with E-state index in [9.17, 15) is 0 Å². The second-order valence-corrected chi connectivity index (χ2v) is 6.05. The largest absolute Gasteiger partial charge is 0.365 e. The molecule has 0 radical (unpaired) electrons. The third-order valence-electron chi connectivity index (χ3n) is 5.47. The first-order valence-electron chi connectivity index (χ1n) is 6.86. The molecule has 3 aliphatic carbocycles. The Morgan fingerprint density at radius 3 is 1.82 bits per heavy atom. The van der Waals surface area contributed by atoms with E-state index >= 15 is 0 Å². The van der Waals surface area contributed by atoms with E-state index < -0.39 is 0 Å². The molecule has 2 aliphatic heterocycles. The van der Waals surface area contributed by atoms with Crippen LogP contribution in [-0.2, 0) is 4.74 Å². The molecule has 4 bridgehead atoms. The van der Waals surface area contributed by atoms with E-state index in [-0.39, 0.29) is 0 Å². The average molecular weight is 224 g/mol. The summed E-state index contributed by atoms with van der Waals surface area (Å²) in [5.41, 5.74) is 2.97. The van der Waals surface area contributed by atoms with Gasteiger partial charge in [0.15, 0.2) is 0 Å². The molecule has 0 N–H and O–H groups in total. The zero-order valence-electron chi connectivity index (χ0n) is 9.75. The van der Waals surface area contributed by atoms with Crippen LogP contribution in [0.2, 0.25) is 0 Å². The Balaban J connectivity index is 1.71. The van der Waals surface area contributed by atoms with E-state index in [0.717, 1.165) is 23.7 Å². The van der Waals surface area contributed by atoms with Crippen LogP contribution >= 0.6 is 0 Å². The van der Waals surface area contributed by atoms with Crippen LogP contribution in [0.25, 0.3) is 0 Å². The summed E-state index contributed by atoms with van der Waals surface area (Å²) in [5.74, 6) is 3.12. The molecule has 0 aromatic heterocycles. The minimum absolute atomic E-state index is 0.402. The Hall–Kier alpha value is -1.08. The van der Waals surface area contributed by atoms with Crippen molar-refractivity contribution in [1.29, 1.82) is 0 Å². The highest BCUT2D eigenvalue weighted by Crippen LogP contribution is 2.66. The molecular weight excluding hydrogens is 208 g/mol. The number of hydrogen-bond acceptors (Lipinski definition) is 1. The second-order valence-electron chi connectivity index (χ2n) is 6.05. The topological polar surface area (TPSA) is 9.23 Å². The molecule has 1 saturated carbocycles. The van der Waals surface area contributed by atoms with Crippen molar-refractivity contribution in [3.8, 4) is 0 Å². The van der Waals surface area contributed by atoms with E-state index in [1.807, 2.05) is 0 Å². The van der Waals surface area contributed by atoms with Gasteiger partial charge < -0.3 is 4.74 Å². The average Bonchev–Trinajstić information content (AvgIpc) is 2.98. The van der Waals surface area contributed by atoms with Gasteiger partial charge in [-0.15, -0.1) is 0 Å². The quantitative estimate of drug-likeness (QED) is 0.611. The Bertz CT molecular complexity index is 473. The maximum atomic E-state index is 6.33. The lowest BCUT2D eigenvalue weighted by Gasteiger charge is -2.45. The lowest BCUT2D eigenvalue weighted by atomic mass is 9.57. The number of hydrogen-bond donors (Lipinski definition) is 0. The van der Waals surface area contributed by atoms with Crippen LogP contribution in [0, 0.1) is 23.7 Å². The molecule has 1 nitrogen and oxygen atoms in total. The smallest absolute Gasteiger partial charge is 0.0874 e. The van der Waals surface area contributed by atoms with Gasteiger partial charge in [0.2, 0.25) is 0 Å². The van der Waals surface area contributed by atoms with Gasteiger partial charge in [0.25, 0.3) is 0 Å². The number of benzene rings is 1.